The maximum absolute atomic E-state index is 12.9. The molecule has 0 aliphatic carbocycles. The normalized spacial score (nSPS) is 13.0. The predicted octanol–water partition coefficient (Wildman–Crippen LogP) is 3.85. The summed E-state index contributed by atoms with van der Waals surface area (Å²) in [6.45, 7) is 0. The van der Waals surface area contributed by atoms with Gasteiger partial charge in [-0.15, -0.1) is 0 Å². The highest BCUT2D eigenvalue weighted by atomic mass is 79.9. The third kappa shape index (κ3) is 2.56. The van der Waals surface area contributed by atoms with Crippen LogP contribution in [0, 0.1) is 0 Å². The van der Waals surface area contributed by atoms with Crippen molar-refractivity contribution in [3.8, 4) is 0 Å². The van der Waals surface area contributed by atoms with Crippen molar-refractivity contribution in [2.24, 2.45) is 0 Å². The number of benzene rings is 1. The fourth-order valence-corrected chi connectivity index (χ4v) is 1.40. The number of alkyl halides is 2. The molecule has 1 unspecified atom stereocenters. The lowest BCUT2D eigenvalue weighted by atomic mass is 10.1. The topological polar surface area (TPSA) is 0 Å². The van der Waals surface area contributed by atoms with Crippen molar-refractivity contribution in [2.75, 3.05) is 5.33 Å². The van der Waals surface area contributed by atoms with Crippen molar-refractivity contribution < 1.29 is 4.39 Å². The van der Waals surface area contributed by atoms with Gasteiger partial charge in [0.25, 0.3) is 0 Å². The molecule has 11 heavy (non-hydrogen) atoms. The molecule has 0 radical (unpaired) electrons. The first-order chi connectivity index (χ1) is 5.24. The van der Waals surface area contributed by atoms with Crippen molar-refractivity contribution in [3.63, 3.8) is 0 Å². The van der Waals surface area contributed by atoms with Gasteiger partial charge in [-0.3, -0.25) is 0 Å². The van der Waals surface area contributed by atoms with Crippen molar-refractivity contribution in [2.45, 2.75) is 6.17 Å². The van der Waals surface area contributed by atoms with Gasteiger partial charge in [0.15, 0.2) is 0 Å². The minimum atomic E-state index is -0.900. The summed E-state index contributed by atoms with van der Waals surface area (Å²) >= 11 is 6.37. The highest BCUT2D eigenvalue weighted by molar-refractivity contribution is 9.10. The van der Waals surface area contributed by atoms with E-state index in [2.05, 4.69) is 31.9 Å². The van der Waals surface area contributed by atoms with Crippen molar-refractivity contribution in [1.29, 1.82) is 0 Å². The van der Waals surface area contributed by atoms with E-state index in [1.807, 2.05) is 12.1 Å². The second-order valence-corrected chi connectivity index (χ2v) is 3.74. The van der Waals surface area contributed by atoms with E-state index in [0.29, 0.717) is 10.9 Å². The summed E-state index contributed by atoms with van der Waals surface area (Å²) in [4.78, 5) is 0. The van der Waals surface area contributed by atoms with E-state index in [9.17, 15) is 4.39 Å². The number of hydrogen-bond donors (Lipinski definition) is 0. The van der Waals surface area contributed by atoms with Crippen LogP contribution < -0.4 is 0 Å². The molecule has 0 nitrogen and oxygen atoms in total. The molecule has 1 rings (SSSR count). The first kappa shape index (κ1) is 9.20. The van der Waals surface area contributed by atoms with Crippen LogP contribution in [0.15, 0.2) is 28.7 Å². The molecule has 1 aromatic carbocycles. The molecule has 3 heteroatoms. The molecule has 0 aliphatic heterocycles. The molecule has 1 atom stereocenters. The molecule has 0 saturated carbocycles. The average Bonchev–Trinajstić information content (AvgIpc) is 2.05. The molecule has 0 aliphatic rings. The Bertz CT molecular complexity index is 220. The van der Waals surface area contributed by atoms with E-state index in [1.54, 1.807) is 12.1 Å². The van der Waals surface area contributed by atoms with Crippen molar-refractivity contribution in [3.05, 3.63) is 34.3 Å². The van der Waals surface area contributed by atoms with Gasteiger partial charge in [-0.25, -0.2) is 4.39 Å². The molecular formula is C8H7Br2F. The van der Waals surface area contributed by atoms with Crippen LogP contribution in [0.2, 0.25) is 0 Å². The lowest BCUT2D eigenvalue weighted by Crippen LogP contribution is -1.90. The summed E-state index contributed by atoms with van der Waals surface area (Å²) in [7, 11) is 0. The third-order valence-corrected chi connectivity index (χ3v) is 2.46. The minimum absolute atomic E-state index is 0.356. The van der Waals surface area contributed by atoms with Gasteiger partial charge in [-0.1, -0.05) is 44.0 Å². The SMILES string of the molecule is FC(CBr)c1ccc(Br)cc1. The van der Waals surface area contributed by atoms with Gasteiger partial charge in [-0.05, 0) is 17.7 Å². The van der Waals surface area contributed by atoms with E-state index >= 15 is 0 Å². The molecule has 60 valence electrons. The summed E-state index contributed by atoms with van der Waals surface area (Å²) in [5, 5.41) is 0.356. The van der Waals surface area contributed by atoms with Gasteiger partial charge in [0, 0.05) is 9.80 Å². The Labute approximate surface area is 82.1 Å². The van der Waals surface area contributed by atoms with E-state index in [0.717, 1.165) is 4.47 Å². The summed E-state index contributed by atoms with van der Waals surface area (Å²) in [5.41, 5.74) is 0.713. The van der Waals surface area contributed by atoms with Crippen LogP contribution in [-0.2, 0) is 0 Å². The zero-order valence-electron chi connectivity index (χ0n) is 5.73. The summed E-state index contributed by atoms with van der Waals surface area (Å²) in [6, 6.07) is 7.22. The number of hydrogen-bond acceptors (Lipinski definition) is 0. The average molecular weight is 282 g/mol. The molecule has 0 spiro atoms. The lowest BCUT2D eigenvalue weighted by Gasteiger charge is -2.03. The second-order valence-electron chi connectivity index (χ2n) is 2.17. The first-order valence-corrected chi connectivity index (χ1v) is 5.11. The van der Waals surface area contributed by atoms with E-state index in [-0.39, 0.29) is 0 Å². The quantitative estimate of drug-likeness (QED) is 0.723. The van der Waals surface area contributed by atoms with Gasteiger partial charge in [0.05, 0.1) is 0 Å². The van der Waals surface area contributed by atoms with Crippen LogP contribution in [-0.4, -0.2) is 5.33 Å². The summed E-state index contributed by atoms with van der Waals surface area (Å²) in [6.07, 6.45) is -0.900. The highest BCUT2D eigenvalue weighted by Crippen LogP contribution is 2.21. The maximum atomic E-state index is 12.9. The van der Waals surface area contributed by atoms with Crippen LogP contribution in [0.5, 0.6) is 0 Å². The number of rotatable bonds is 2. The van der Waals surface area contributed by atoms with Gasteiger partial charge in [-0.2, -0.15) is 0 Å². The van der Waals surface area contributed by atoms with Crippen LogP contribution in [0.4, 0.5) is 4.39 Å². The molecule has 0 amide bonds. The standard InChI is InChI=1S/C8H7Br2F/c9-5-8(11)6-1-3-7(10)4-2-6/h1-4,8H,5H2. The van der Waals surface area contributed by atoms with Crippen LogP contribution in [0.25, 0.3) is 0 Å². The van der Waals surface area contributed by atoms with E-state index in [1.165, 1.54) is 0 Å². The third-order valence-electron chi connectivity index (χ3n) is 1.37. The molecule has 1 aromatic rings. The fraction of sp³-hybridized carbons (Fsp3) is 0.250. The summed E-state index contributed by atoms with van der Waals surface area (Å²) < 4.78 is 13.9. The van der Waals surface area contributed by atoms with Gasteiger partial charge >= 0.3 is 0 Å². The van der Waals surface area contributed by atoms with Crippen LogP contribution in [0.3, 0.4) is 0 Å². The smallest absolute Gasteiger partial charge is 0.135 e. The molecule has 0 saturated heterocycles. The largest absolute Gasteiger partial charge is 0.241 e. The van der Waals surface area contributed by atoms with Crippen LogP contribution >= 0.6 is 31.9 Å². The van der Waals surface area contributed by atoms with Gasteiger partial charge in [0.2, 0.25) is 0 Å². The fourth-order valence-electron chi connectivity index (χ4n) is 0.761. The van der Waals surface area contributed by atoms with Crippen LogP contribution in [0.1, 0.15) is 11.7 Å². The Hall–Kier alpha value is 0.110. The summed E-state index contributed by atoms with van der Waals surface area (Å²) in [5.74, 6) is 0. The van der Waals surface area contributed by atoms with Gasteiger partial charge < -0.3 is 0 Å². The second kappa shape index (κ2) is 4.21. The van der Waals surface area contributed by atoms with E-state index in [4.69, 9.17) is 0 Å². The minimum Gasteiger partial charge on any atom is -0.241 e. The van der Waals surface area contributed by atoms with Gasteiger partial charge in [0.1, 0.15) is 6.17 Å². The van der Waals surface area contributed by atoms with Crippen molar-refractivity contribution >= 4 is 31.9 Å². The first-order valence-electron chi connectivity index (χ1n) is 3.19. The molecule has 0 heterocycles. The zero-order chi connectivity index (χ0) is 8.27. The van der Waals surface area contributed by atoms with E-state index < -0.39 is 6.17 Å². The maximum Gasteiger partial charge on any atom is 0.135 e. The van der Waals surface area contributed by atoms with Crippen molar-refractivity contribution in [1.82, 2.24) is 0 Å². The lowest BCUT2D eigenvalue weighted by molar-refractivity contribution is 0.382. The molecular weight excluding hydrogens is 275 g/mol. The highest BCUT2D eigenvalue weighted by Gasteiger charge is 2.05. The Morgan fingerprint density at radius 3 is 2.27 bits per heavy atom. The Morgan fingerprint density at radius 2 is 1.82 bits per heavy atom. The molecule has 0 N–H and O–H groups in total. The molecule has 0 aromatic heterocycles. The zero-order valence-corrected chi connectivity index (χ0v) is 8.90. The Balaban J connectivity index is 2.81. The number of halogens is 3. The monoisotopic (exact) mass is 280 g/mol. The Kier molecular flexibility index (Phi) is 3.52. The molecule has 0 fully saturated rings. The molecule has 0 bridgehead atoms. The predicted molar refractivity (Wildman–Crippen MR) is 51.8 cm³/mol. The Morgan fingerprint density at radius 1 is 1.27 bits per heavy atom.